The van der Waals surface area contributed by atoms with Crippen LogP contribution in [-0.2, 0) is 14.8 Å². The van der Waals surface area contributed by atoms with E-state index in [4.69, 9.17) is 4.74 Å². The monoisotopic (exact) mass is 565 g/mol. The summed E-state index contributed by atoms with van der Waals surface area (Å²) in [6.07, 6.45) is 1.55. The maximum Gasteiger partial charge on any atom is 0.264 e. The van der Waals surface area contributed by atoms with Gasteiger partial charge in [0.15, 0.2) is 0 Å². The zero-order valence-corrected chi connectivity index (χ0v) is 22.1. The quantitative estimate of drug-likeness (QED) is 0.233. The number of rotatable bonds is 8. The van der Waals surface area contributed by atoms with Crippen LogP contribution in [0.5, 0.6) is 5.75 Å². The Labute approximate surface area is 218 Å². The lowest BCUT2D eigenvalue weighted by Gasteiger charge is -2.24. The van der Waals surface area contributed by atoms with Crippen molar-refractivity contribution >= 4 is 54.5 Å². The van der Waals surface area contributed by atoms with Crippen molar-refractivity contribution in [3.8, 4) is 5.75 Å². The number of benzene rings is 4. The van der Waals surface area contributed by atoms with E-state index in [-0.39, 0.29) is 4.90 Å². The number of hydrazone groups is 1. The third kappa shape index (κ3) is 5.58. The van der Waals surface area contributed by atoms with Crippen molar-refractivity contribution in [2.24, 2.45) is 5.10 Å². The van der Waals surface area contributed by atoms with Gasteiger partial charge >= 0.3 is 0 Å². The van der Waals surface area contributed by atoms with Crippen molar-refractivity contribution in [3.63, 3.8) is 0 Å². The smallest absolute Gasteiger partial charge is 0.264 e. The molecular weight excluding hydrogens is 542 g/mol. The number of anilines is 1. The largest absolute Gasteiger partial charge is 0.496 e. The first-order valence-electron chi connectivity index (χ1n) is 11.0. The molecule has 0 heterocycles. The Balaban J connectivity index is 1.59. The van der Waals surface area contributed by atoms with Crippen molar-refractivity contribution in [3.05, 3.63) is 101 Å². The number of nitrogens with zero attached hydrogens (tertiary/aromatic N) is 2. The van der Waals surface area contributed by atoms with Gasteiger partial charge in [0.25, 0.3) is 15.9 Å². The molecule has 9 heteroatoms. The van der Waals surface area contributed by atoms with Gasteiger partial charge in [0, 0.05) is 5.56 Å². The number of aryl methyl sites for hydroxylation is 1. The summed E-state index contributed by atoms with van der Waals surface area (Å²) in [6, 6.07) is 25.0. The van der Waals surface area contributed by atoms with E-state index >= 15 is 0 Å². The molecule has 1 amide bonds. The Kier molecular flexibility index (Phi) is 7.71. The highest BCUT2D eigenvalue weighted by molar-refractivity contribution is 9.10. The molecule has 0 radical (unpaired) electrons. The van der Waals surface area contributed by atoms with Crippen LogP contribution in [0.2, 0.25) is 0 Å². The number of hydrogen-bond donors (Lipinski definition) is 1. The molecular formula is C27H24BrN3O4S. The molecule has 4 rings (SSSR count). The average Bonchev–Trinajstić information content (AvgIpc) is 2.88. The van der Waals surface area contributed by atoms with Crippen LogP contribution in [-0.4, -0.2) is 34.2 Å². The number of sulfonamides is 1. The molecule has 36 heavy (non-hydrogen) atoms. The van der Waals surface area contributed by atoms with Crippen molar-refractivity contribution < 1.29 is 17.9 Å². The maximum atomic E-state index is 13.6. The number of carbonyl (C=O) groups excluding carboxylic acids is 1. The number of amides is 1. The molecule has 4 aromatic rings. The molecule has 0 aromatic heterocycles. The Bertz CT molecular complexity index is 1530. The fourth-order valence-corrected chi connectivity index (χ4v) is 5.80. The summed E-state index contributed by atoms with van der Waals surface area (Å²) in [5.41, 5.74) is 4.62. The lowest BCUT2D eigenvalue weighted by molar-refractivity contribution is -0.119. The van der Waals surface area contributed by atoms with Gasteiger partial charge < -0.3 is 4.74 Å². The van der Waals surface area contributed by atoms with Crippen LogP contribution in [0.3, 0.4) is 0 Å². The molecule has 0 atom stereocenters. The number of hydrogen-bond acceptors (Lipinski definition) is 5. The summed E-state index contributed by atoms with van der Waals surface area (Å²) in [5.74, 6) is -0.0837. The van der Waals surface area contributed by atoms with Crippen LogP contribution < -0.4 is 14.5 Å². The highest BCUT2D eigenvalue weighted by Crippen LogP contribution is 2.30. The van der Waals surface area contributed by atoms with E-state index in [1.165, 1.54) is 19.2 Å². The van der Waals surface area contributed by atoms with Gasteiger partial charge in [-0.05, 0) is 64.0 Å². The maximum absolute atomic E-state index is 13.6. The molecule has 7 nitrogen and oxygen atoms in total. The summed E-state index contributed by atoms with van der Waals surface area (Å²) >= 11 is 3.33. The zero-order valence-electron chi connectivity index (χ0n) is 19.7. The highest BCUT2D eigenvalue weighted by atomic mass is 79.9. The SMILES string of the molecule is COc1ccc(S(=O)(=O)N(CC(=O)N/N=C\c2cccc3ccccc23)c2ccc(C)cc2)cc1Br. The predicted octanol–water partition coefficient (Wildman–Crippen LogP) is 5.26. The molecule has 184 valence electrons. The minimum Gasteiger partial charge on any atom is -0.496 e. The first-order chi connectivity index (χ1) is 17.3. The second kappa shape index (κ2) is 10.9. The Hall–Kier alpha value is -3.69. The van der Waals surface area contributed by atoms with E-state index in [0.29, 0.717) is 15.9 Å². The Morgan fingerprint density at radius 3 is 2.47 bits per heavy atom. The van der Waals surface area contributed by atoms with E-state index < -0.39 is 22.5 Å². The molecule has 0 saturated heterocycles. The summed E-state index contributed by atoms with van der Waals surface area (Å²) in [5, 5.41) is 6.12. The lowest BCUT2D eigenvalue weighted by atomic mass is 10.1. The summed E-state index contributed by atoms with van der Waals surface area (Å²) in [6.45, 7) is 1.44. The van der Waals surface area contributed by atoms with Gasteiger partial charge in [-0.15, -0.1) is 0 Å². The third-order valence-corrected chi connectivity index (χ3v) is 7.93. The predicted molar refractivity (Wildman–Crippen MR) is 146 cm³/mol. The fourth-order valence-electron chi connectivity index (χ4n) is 3.66. The van der Waals surface area contributed by atoms with E-state index in [1.807, 2.05) is 49.4 Å². The van der Waals surface area contributed by atoms with Gasteiger partial charge in [0.1, 0.15) is 12.3 Å². The first-order valence-corrected chi connectivity index (χ1v) is 13.3. The topological polar surface area (TPSA) is 88.1 Å². The Morgan fingerprint density at radius 2 is 1.75 bits per heavy atom. The van der Waals surface area contributed by atoms with Crippen molar-refractivity contribution in [1.82, 2.24) is 5.43 Å². The Morgan fingerprint density at radius 1 is 1.03 bits per heavy atom. The first kappa shape index (κ1) is 25.4. The van der Waals surface area contributed by atoms with Crippen molar-refractivity contribution in [2.75, 3.05) is 18.0 Å². The molecule has 0 aliphatic carbocycles. The molecule has 0 aliphatic heterocycles. The number of halogens is 1. The van der Waals surface area contributed by atoms with E-state index in [1.54, 1.807) is 36.5 Å². The van der Waals surface area contributed by atoms with Crippen LogP contribution in [0.15, 0.2) is 99.4 Å². The number of ether oxygens (including phenoxy) is 1. The van der Waals surface area contributed by atoms with Gasteiger partial charge in [-0.25, -0.2) is 13.8 Å². The minimum absolute atomic E-state index is 0.0165. The number of carbonyl (C=O) groups is 1. The summed E-state index contributed by atoms with van der Waals surface area (Å²) in [4.78, 5) is 12.8. The van der Waals surface area contributed by atoms with Gasteiger partial charge in [-0.3, -0.25) is 9.10 Å². The average molecular weight is 566 g/mol. The van der Waals surface area contributed by atoms with E-state index in [0.717, 1.165) is 26.2 Å². The normalized spacial score (nSPS) is 11.5. The van der Waals surface area contributed by atoms with Crippen LogP contribution in [0.4, 0.5) is 5.69 Å². The molecule has 1 N–H and O–H groups in total. The van der Waals surface area contributed by atoms with Crippen LogP contribution in [0, 0.1) is 6.92 Å². The zero-order chi connectivity index (χ0) is 25.7. The fraction of sp³-hybridized carbons (Fsp3) is 0.111. The number of nitrogens with one attached hydrogen (secondary N) is 1. The number of methoxy groups -OCH3 is 1. The summed E-state index contributed by atoms with van der Waals surface area (Å²) < 4.78 is 33.9. The van der Waals surface area contributed by atoms with Crippen molar-refractivity contribution in [1.29, 1.82) is 0 Å². The second-order valence-corrected chi connectivity index (χ2v) is 10.7. The van der Waals surface area contributed by atoms with E-state index in [2.05, 4.69) is 26.5 Å². The van der Waals surface area contributed by atoms with E-state index in [9.17, 15) is 13.2 Å². The van der Waals surface area contributed by atoms with Gasteiger partial charge in [-0.2, -0.15) is 5.10 Å². The molecule has 0 spiro atoms. The standard InChI is InChI=1S/C27H24BrN3O4S/c1-19-10-12-22(13-11-19)31(36(33,34)23-14-15-26(35-2)25(28)16-23)18-27(32)30-29-17-21-8-5-7-20-6-3-4-9-24(20)21/h3-17H,18H2,1-2H3,(H,30,32)/b29-17-. The summed E-state index contributed by atoms with van der Waals surface area (Å²) in [7, 11) is -2.58. The third-order valence-electron chi connectivity index (χ3n) is 5.54. The van der Waals surface area contributed by atoms with Crippen LogP contribution in [0.1, 0.15) is 11.1 Å². The molecule has 0 bridgehead atoms. The highest BCUT2D eigenvalue weighted by Gasteiger charge is 2.28. The molecule has 0 fully saturated rings. The lowest BCUT2D eigenvalue weighted by Crippen LogP contribution is -2.39. The van der Waals surface area contributed by atoms with Gasteiger partial charge in [0.2, 0.25) is 0 Å². The van der Waals surface area contributed by atoms with Crippen LogP contribution >= 0.6 is 15.9 Å². The minimum atomic E-state index is -4.08. The van der Waals surface area contributed by atoms with Crippen LogP contribution in [0.25, 0.3) is 10.8 Å². The van der Waals surface area contributed by atoms with Gasteiger partial charge in [-0.1, -0.05) is 60.2 Å². The molecule has 0 saturated carbocycles. The molecule has 4 aromatic carbocycles. The number of fused-ring (bicyclic) bond motifs is 1. The second-order valence-electron chi connectivity index (χ2n) is 8.01. The van der Waals surface area contributed by atoms with Gasteiger partial charge in [0.05, 0.1) is 28.4 Å². The molecule has 0 aliphatic rings. The van der Waals surface area contributed by atoms with Crippen molar-refractivity contribution in [2.45, 2.75) is 11.8 Å². The molecule has 0 unspecified atom stereocenters.